The third-order valence-corrected chi connectivity index (χ3v) is 3.26. The first kappa shape index (κ1) is 16.2. The highest BCUT2D eigenvalue weighted by molar-refractivity contribution is 7.80. The van der Waals surface area contributed by atoms with E-state index in [9.17, 15) is 10.1 Å². The number of nitrogens with one attached hydrogen (secondary N) is 2. The van der Waals surface area contributed by atoms with Crippen molar-refractivity contribution in [2.75, 3.05) is 5.32 Å². The highest BCUT2D eigenvalue weighted by Crippen LogP contribution is 2.24. The number of rotatable bonds is 4. The van der Waals surface area contributed by atoms with E-state index in [-0.39, 0.29) is 16.8 Å². The minimum absolute atomic E-state index is 0.204. The molecule has 2 rings (SSSR count). The van der Waals surface area contributed by atoms with E-state index in [4.69, 9.17) is 39.8 Å². The quantitative estimate of drug-likeness (QED) is 0.373. The lowest BCUT2D eigenvalue weighted by Gasteiger charge is -2.07. The van der Waals surface area contributed by atoms with Crippen molar-refractivity contribution in [1.82, 2.24) is 5.43 Å². The Morgan fingerprint density at radius 2 is 2.09 bits per heavy atom. The second-order valence-corrected chi connectivity index (χ2v) is 5.11. The predicted molar refractivity (Wildman–Crippen MR) is 88.8 cm³/mol. The van der Waals surface area contributed by atoms with Gasteiger partial charge in [-0.2, -0.15) is 5.10 Å². The molecule has 0 amide bonds. The first-order valence-electron chi connectivity index (χ1n) is 5.75. The summed E-state index contributed by atoms with van der Waals surface area (Å²) in [4.78, 5) is 9.81. The van der Waals surface area contributed by atoms with Gasteiger partial charge >= 0.3 is 5.88 Å². The lowest BCUT2D eigenvalue weighted by Crippen LogP contribution is -2.23. The van der Waals surface area contributed by atoms with E-state index in [1.54, 1.807) is 18.2 Å². The van der Waals surface area contributed by atoms with E-state index in [2.05, 4.69) is 15.8 Å². The van der Waals surface area contributed by atoms with Gasteiger partial charge in [-0.25, -0.2) is 0 Å². The summed E-state index contributed by atoms with van der Waals surface area (Å²) in [6.45, 7) is 0. The van der Waals surface area contributed by atoms with Crippen LogP contribution in [0.2, 0.25) is 10.0 Å². The maximum absolute atomic E-state index is 10.5. The molecule has 114 valence electrons. The molecule has 1 aromatic heterocycles. The third-order valence-electron chi connectivity index (χ3n) is 2.33. The van der Waals surface area contributed by atoms with Crippen LogP contribution in [0.1, 0.15) is 5.76 Å². The molecule has 7 nitrogen and oxygen atoms in total. The van der Waals surface area contributed by atoms with Crippen LogP contribution in [0.25, 0.3) is 0 Å². The van der Waals surface area contributed by atoms with Crippen molar-refractivity contribution in [1.29, 1.82) is 0 Å². The molecule has 2 aromatic rings. The minimum atomic E-state index is -0.638. The van der Waals surface area contributed by atoms with Crippen LogP contribution in [0, 0.1) is 10.1 Å². The monoisotopic (exact) mass is 358 g/mol. The van der Waals surface area contributed by atoms with Gasteiger partial charge in [0.2, 0.25) is 0 Å². The van der Waals surface area contributed by atoms with Gasteiger partial charge in [0.1, 0.15) is 4.92 Å². The summed E-state index contributed by atoms with van der Waals surface area (Å²) in [7, 11) is 0. The fourth-order valence-corrected chi connectivity index (χ4v) is 1.87. The number of anilines is 1. The van der Waals surface area contributed by atoms with Crippen molar-refractivity contribution in [3.05, 3.63) is 56.3 Å². The number of hydrogen-bond acceptors (Lipinski definition) is 5. The maximum Gasteiger partial charge on any atom is 0.433 e. The molecule has 0 spiro atoms. The van der Waals surface area contributed by atoms with Crippen molar-refractivity contribution in [3.63, 3.8) is 0 Å². The first-order chi connectivity index (χ1) is 10.5. The average molecular weight is 359 g/mol. The minimum Gasteiger partial charge on any atom is -0.400 e. The van der Waals surface area contributed by atoms with Gasteiger partial charge in [-0.1, -0.05) is 23.2 Å². The van der Waals surface area contributed by atoms with E-state index in [0.717, 1.165) is 0 Å². The lowest BCUT2D eigenvalue weighted by atomic mass is 10.3. The smallest absolute Gasteiger partial charge is 0.400 e. The molecule has 1 heterocycles. The second kappa shape index (κ2) is 7.21. The predicted octanol–water partition coefficient (Wildman–Crippen LogP) is 3.82. The molecule has 0 radical (unpaired) electrons. The molecular weight excluding hydrogens is 351 g/mol. The summed E-state index contributed by atoms with van der Waals surface area (Å²) >= 11 is 16.7. The Balaban J connectivity index is 1.90. The van der Waals surface area contributed by atoms with E-state index in [1.165, 1.54) is 18.3 Å². The van der Waals surface area contributed by atoms with Gasteiger partial charge in [0.05, 0.1) is 22.3 Å². The maximum atomic E-state index is 10.5. The Morgan fingerprint density at radius 3 is 2.73 bits per heavy atom. The average Bonchev–Trinajstić information content (AvgIpc) is 2.92. The molecule has 0 aliphatic rings. The van der Waals surface area contributed by atoms with Gasteiger partial charge < -0.3 is 9.73 Å². The van der Waals surface area contributed by atoms with E-state index in [1.807, 2.05) is 0 Å². The number of furan rings is 1. The Kier molecular flexibility index (Phi) is 5.31. The fourth-order valence-electron chi connectivity index (χ4n) is 1.40. The lowest BCUT2D eigenvalue weighted by molar-refractivity contribution is -0.402. The van der Waals surface area contributed by atoms with Gasteiger partial charge in [0.15, 0.2) is 10.9 Å². The third kappa shape index (κ3) is 4.42. The summed E-state index contributed by atoms with van der Waals surface area (Å²) in [6.07, 6.45) is 1.26. The van der Waals surface area contributed by atoms with E-state index < -0.39 is 4.92 Å². The summed E-state index contributed by atoms with van der Waals surface area (Å²) < 4.78 is 4.89. The van der Waals surface area contributed by atoms with Crippen LogP contribution in [0.5, 0.6) is 0 Å². The van der Waals surface area contributed by atoms with Crippen LogP contribution in [0.3, 0.4) is 0 Å². The zero-order chi connectivity index (χ0) is 16.1. The summed E-state index contributed by atoms with van der Waals surface area (Å²) in [6, 6.07) is 7.58. The van der Waals surface area contributed by atoms with Gasteiger partial charge in [0.25, 0.3) is 0 Å². The van der Waals surface area contributed by atoms with E-state index in [0.29, 0.717) is 15.7 Å². The zero-order valence-corrected chi connectivity index (χ0v) is 13.1. The van der Waals surface area contributed by atoms with Gasteiger partial charge in [-0.15, -0.1) is 0 Å². The van der Waals surface area contributed by atoms with Gasteiger partial charge in [-0.05, 0) is 36.5 Å². The number of hydrogen-bond donors (Lipinski definition) is 2. The standard InChI is InChI=1S/C12H8Cl2N4O3S/c13-9-3-1-7(5-10(9)14)16-12(22)17-15-6-8-2-4-11(21-8)18(19)20/h1-6H,(H2,16,17,22)/b15-6-. The normalized spacial score (nSPS) is 10.6. The number of halogens is 2. The molecule has 0 saturated carbocycles. The SMILES string of the molecule is O=[N+]([O-])c1ccc(/C=N\NC(=S)Nc2ccc(Cl)c(Cl)c2)o1. The van der Waals surface area contributed by atoms with Crippen molar-refractivity contribution in [3.8, 4) is 0 Å². The van der Waals surface area contributed by atoms with Crippen LogP contribution in [0.15, 0.2) is 39.9 Å². The van der Waals surface area contributed by atoms with Crippen molar-refractivity contribution in [2.24, 2.45) is 5.10 Å². The number of nitrogens with zero attached hydrogens (tertiary/aromatic N) is 2. The molecule has 0 unspecified atom stereocenters. The van der Waals surface area contributed by atoms with Crippen molar-refractivity contribution < 1.29 is 9.34 Å². The Hall–Kier alpha value is -2.16. The van der Waals surface area contributed by atoms with Crippen LogP contribution in [-0.2, 0) is 0 Å². The molecule has 10 heteroatoms. The van der Waals surface area contributed by atoms with E-state index >= 15 is 0 Å². The van der Waals surface area contributed by atoms with Crippen LogP contribution in [-0.4, -0.2) is 16.3 Å². The van der Waals surface area contributed by atoms with Crippen LogP contribution >= 0.6 is 35.4 Å². The number of thiocarbonyl (C=S) groups is 1. The first-order valence-corrected chi connectivity index (χ1v) is 6.91. The number of nitro groups is 1. The Morgan fingerprint density at radius 1 is 1.32 bits per heavy atom. The number of benzene rings is 1. The number of hydrazone groups is 1. The highest BCUT2D eigenvalue weighted by Gasteiger charge is 2.10. The second-order valence-electron chi connectivity index (χ2n) is 3.89. The van der Waals surface area contributed by atoms with Gasteiger partial charge in [0, 0.05) is 5.69 Å². The molecule has 2 N–H and O–H groups in total. The van der Waals surface area contributed by atoms with Crippen molar-refractivity contribution >= 4 is 58.3 Å². The van der Waals surface area contributed by atoms with Crippen LogP contribution in [0.4, 0.5) is 11.6 Å². The molecule has 0 fully saturated rings. The molecular formula is C12H8Cl2N4O3S. The molecule has 0 atom stereocenters. The zero-order valence-electron chi connectivity index (χ0n) is 10.7. The summed E-state index contributed by atoms with van der Waals surface area (Å²) in [5.41, 5.74) is 3.17. The van der Waals surface area contributed by atoms with Crippen molar-refractivity contribution in [2.45, 2.75) is 0 Å². The summed E-state index contributed by atoms with van der Waals surface area (Å²) in [5, 5.41) is 18.1. The highest BCUT2D eigenvalue weighted by atomic mass is 35.5. The molecule has 0 aliphatic carbocycles. The topological polar surface area (TPSA) is 92.7 Å². The molecule has 0 aliphatic heterocycles. The fraction of sp³-hybridized carbons (Fsp3) is 0. The molecule has 22 heavy (non-hydrogen) atoms. The van der Waals surface area contributed by atoms with Crippen LogP contribution < -0.4 is 10.7 Å². The molecule has 1 aromatic carbocycles. The Labute approximate surface area is 140 Å². The molecule has 0 saturated heterocycles. The largest absolute Gasteiger partial charge is 0.433 e. The van der Waals surface area contributed by atoms with Gasteiger partial charge in [-0.3, -0.25) is 15.5 Å². The molecule has 0 bridgehead atoms. The summed E-state index contributed by atoms with van der Waals surface area (Å²) in [5.74, 6) is -0.144. The Bertz CT molecular complexity index is 748.